The molecule has 0 saturated carbocycles. The van der Waals surface area contributed by atoms with Gasteiger partial charge in [-0.2, -0.15) is 0 Å². The largest absolute Gasteiger partial charge is 0.452 e. The molecule has 2 aromatic rings. The molecule has 0 aliphatic rings. The molecule has 23 heavy (non-hydrogen) atoms. The second-order valence-electron chi connectivity index (χ2n) is 4.68. The van der Waals surface area contributed by atoms with Crippen molar-refractivity contribution in [3.8, 4) is 0 Å². The van der Waals surface area contributed by atoms with E-state index in [4.69, 9.17) is 4.74 Å². The number of thiophene rings is 1. The van der Waals surface area contributed by atoms with Gasteiger partial charge in [-0.25, -0.2) is 4.79 Å². The van der Waals surface area contributed by atoms with E-state index in [1.54, 1.807) is 17.4 Å². The van der Waals surface area contributed by atoms with Crippen molar-refractivity contribution in [3.63, 3.8) is 0 Å². The number of amides is 1. The van der Waals surface area contributed by atoms with Gasteiger partial charge in [-0.15, -0.1) is 11.3 Å². The van der Waals surface area contributed by atoms with E-state index in [9.17, 15) is 9.59 Å². The SMILES string of the molecule is O=C(COC(=O)/C=C/c1cccc(Br)c1)NCCc1cccs1. The zero-order valence-corrected chi connectivity index (χ0v) is 14.7. The molecule has 1 amide bonds. The fourth-order valence-electron chi connectivity index (χ4n) is 1.79. The lowest BCUT2D eigenvalue weighted by atomic mass is 10.2. The number of halogens is 1. The number of esters is 1. The van der Waals surface area contributed by atoms with Crippen molar-refractivity contribution >= 4 is 45.2 Å². The molecule has 1 aromatic carbocycles. The predicted octanol–water partition coefficient (Wildman–Crippen LogP) is 3.43. The molecule has 0 saturated heterocycles. The molecule has 0 aliphatic carbocycles. The zero-order chi connectivity index (χ0) is 16.5. The van der Waals surface area contributed by atoms with Gasteiger partial charge in [-0.05, 0) is 41.6 Å². The fraction of sp³-hybridized carbons (Fsp3) is 0.176. The standard InChI is InChI=1S/C17H16BrNO3S/c18-14-4-1-3-13(11-14)6-7-17(21)22-12-16(20)19-9-8-15-5-2-10-23-15/h1-7,10-11H,8-9,12H2,(H,19,20)/b7-6+. The highest BCUT2D eigenvalue weighted by atomic mass is 79.9. The van der Waals surface area contributed by atoms with Gasteiger partial charge in [0.2, 0.25) is 0 Å². The first-order valence-electron chi connectivity index (χ1n) is 7.03. The molecule has 120 valence electrons. The van der Waals surface area contributed by atoms with Crippen LogP contribution in [0.15, 0.2) is 52.3 Å². The molecule has 0 atom stereocenters. The van der Waals surface area contributed by atoms with E-state index in [0.717, 1.165) is 16.5 Å². The van der Waals surface area contributed by atoms with E-state index < -0.39 is 5.97 Å². The lowest BCUT2D eigenvalue weighted by molar-refractivity contribution is -0.143. The molecule has 0 spiro atoms. The van der Waals surface area contributed by atoms with Gasteiger partial charge in [0.15, 0.2) is 6.61 Å². The first kappa shape index (κ1) is 17.4. The molecule has 4 nitrogen and oxygen atoms in total. The van der Waals surface area contributed by atoms with Crippen molar-refractivity contribution in [1.82, 2.24) is 5.32 Å². The number of hydrogen-bond donors (Lipinski definition) is 1. The number of nitrogens with one attached hydrogen (secondary N) is 1. The summed E-state index contributed by atoms with van der Waals surface area (Å²) in [5, 5.41) is 4.71. The van der Waals surface area contributed by atoms with E-state index in [-0.39, 0.29) is 12.5 Å². The smallest absolute Gasteiger partial charge is 0.331 e. The minimum atomic E-state index is -0.543. The summed E-state index contributed by atoms with van der Waals surface area (Å²) in [4.78, 5) is 24.4. The van der Waals surface area contributed by atoms with Gasteiger partial charge in [-0.1, -0.05) is 34.1 Å². The topological polar surface area (TPSA) is 55.4 Å². The third-order valence-electron chi connectivity index (χ3n) is 2.88. The Kier molecular flexibility index (Phi) is 7.03. The number of ether oxygens (including phenoxy) is 1. The maximum absolute atomic E-state index is 11.6. The van der Waals surface area contributed by atoms with Crippen LogP contribution in [0.1, 0.15) is 10.4 Å². The molecule has 0 bridgehead atoms. The first-order chi connectivity index (χ1) is 11.1. The monoisotopic (exact) mass is 393 g/mol. The van der Waals surface area contributed by atoms with E-state index in [1.807, 2.05) is 41.8 Å². The number of hydrogen-bond acceptors (Lipinski definition) is 4. The van der Waals surface area contributed by atoms with Crippen LogP contribution >= 0.6 is 27.3 Å². The lowest BCUT2D eigenvalue weighted by Crippen LogP contribution is -2.30. The Bertz CT molecular complexity index is 683. The molecule has 0 unspecified atom stereocenters. The summed E-state index contributed by atoms with van der Waals surface area (Å²) >= 11 is 5.00. The Morgan fingerprint density at radius 2 is 2.13 bits per heavy atom. The maximum atomic E-state index is 11.6. The highest BCUT2D eigenvalue weighted by Crippen LogP contribution is 2.12. The van der Waals surface area contributed by atoms with E-state index in [2.05, 4.69) is 21.2 Å². The van der Waals surface area contributed by atoms with E-state index in [1.165, 1.54) is 11.0 Å². The predicted molar refractivity (Wildman–Crippen MR) is 95.2 cm³/mol. The van der Waals surface area contributed by atoms with Crippen LogP contribution in [0.3, 0.4) is 0 Å². The second-order valence-corrected chi connectivity index (χ2v) is 6.62. The van der Waals surface area contributed by atoms with Gasteiger partial charge < -0.3 is 10.1 Å². The molecule has 0 aliphatic heterocycles. The van der Waals surface area contributed by atoms with Crippen LogP contribution in [0.5, 0.6) is 0 Å². The van der Waals surface area contributed by atoms with Gasteiger partial charge in [0.1, 0.15) is 0 Å². The highest BCUT2D eigenvalue weighted by Gasteiger charge is 2.04. The van der Waals surface area contributed by atoms with Gasteiger partial charge in [0.05, 0.1) is 0 Å². The summed E-state index contributed by atoms with van der Waals surface area (Å²) in [5.41, 5.74) is 0.872. The van der Waals surface area contributed by atoms with Crippen molar-refractivity contribution in [2.75, 3.05) is 13.2 Å². The average molecular weight is 394 g/mol. The number of carbonyl (C=O) groups excluding carboxylic acids is 2. The Labute approximate surface area is 147 Å². The summed E-state index contributed by atoms with van der Waals surface area (Å²) in [6.45, 7) is 0.261. The zero-order valence-electron chi connectivity index (χ0n) is 12.3. The number of benzene rings is 1. The van der Waals surface area contributed by atoms with Gasteiger partial charge in [0, 0.05) is 22.0 Å². The highest BCUT2D eigenvalue weighted by molar-refractivity contribution is 9.10. The normalized spacial score (nSPS) is 10.7. The molecule has 2 rings (SSSR count). The summed E-state index contributed by atoms with van der Waals surface area (Å²) in [6.07, 6.45) is 3.72. The molecule has 1 N–H and O–H groups in total. The molecule has 0 fully saturated rings. The Hall–Kier alpha value is -1.92. The quantitative estimate of drug-likeness (QED) is 0.578. The van der Waals surface area contributed by atoms with Crippen molar-refractivity contribution in [1.29, 1.82) is 0 Å². The van der Waals surface area contributed by atoms with Gasteiger partial charge in [0.25, 0.3) is 5.91 Å². The van der Waals surface area contributed by atoms with Crippen LogP contribution < -0.4 is 5.32 Å². The summed E-state index contributed by atoms with van der Waals surface area (Å²) in [5.74, 6) is -0.843. The molecule has 1 aromatic heterocycles. The van der Waals surface area contributed by atoms with Gasteiger partial charge in [-0.3, -0.25) is 4.79 Å². The lowest BCUT2D eigenvalue weighted by Gasteiger charge is -2.04. The fourth-order valence-corrected chi connectivity index (χ4v) is 2.92. The van der Waals surface area contributed by atoms with Crippen molar-refractivity contribution in [2.24, 2.45) is 0 Å². The molecular weight excluding hydrogens is 378 g/mol. The van der Waals surface area contributed by atoms with Crippen LogP contribution in [0.4, 0.5) is 0 Å². The van der Waals surface area contributed by atoms with E-state index in [0.29, 0.717) is 6.54 Å². The maximum Gasteiger partial charge on any atom is 0.331 e. The minimum absolute atomic E-state index is 0.272. The first-order valence-corrected chi connectivity index (χ1v) is 8.70. The Morgan fingerprint density at radius 1 is 1.26 bits per heavy atom. The minimum Gasteiger partial charge on any atom is -0.452 e. The number of rotatable bonds is 7. The molecular formula is C17H16BrNO3S. The summed E-state index contributed by atoms with van der Waals surface area (Å²) in [6, 6.07) is 11.5. The molecule has 1 heterocycles. The molecule has 6 heteroatoms. The summed E-state index contributed by atoms with van der Waals surface area (Å²) in [7, 11) is 0. The second kappa shape index (κ2) is 9.27. The van der Waals surface area contributed by atoms with Crippen molar-refractivity contribution < 1.29 is 14.3 Å². The van der Waals surface area contributed by atoms with Crippen LogP contribution in [0.2, 0.25) is 0 Å². The molecule has 0 radical (unpaired) electrons. The Balaban J connectivity index is 1.66. The number of carbonyl (C=O) groups is 2. The van der Waals surface area contributed by atoms with Gasteiger partial charge >= 0.3 is 5.97 Å². The third-order valence-corrected chi connectivity index (χ3v) is 4.31. The third kappa shape index (κ3) is 6.80. The van der Waals surface area contributed by atoms with Crippen LogP contribution in [-0.4, -0.2) is 25.0 Å². The van der Waals surface area contributed by atoms with Crippen LogP contribution in [0.25, 0.3) is 6.08 Å². The summed E-state index contributed by atoms with van der Waals surface area (Å²) < 4.78 is 5.83. The van der Waals surface area contributed by atoms with E-state index >= 15 is 0 Å². The average Bonchev–Trinajstić information content (AvgIpc) is 3.04. The Morgan fingerprint density at radius 3 is 2.87 bits per heavy atom. The van der Waals surface area contributed by atoms with Crippen LogP contribution in [0, 0.1) is 0 Å². The van der Waals surface area contributed by atoms with Crippen LogP contribution in [-0.2, 0) is 20.7 Å². The van der Waals surface area contributed by atoms with Crippen molar-refractivity contribution in [3.05, 3.63) is 62.8 Å². The van der Waals surface area contributed by atoms with Crippen molar-refractivity contribution in [2.45, 2.75) is 6.42 Å².